The van der Waals surface area contributed by atoms with Crippen molar-refractivity contribution in [3.05, 3.63) is 11.8 Å². The van der Waals surface area contributed by atoms with E-state index in [1.54, 1.807) is 13.2 Å². The molecule has 0 spiro atoms. The van der Waals surface area contributed by atoms with Gasteiger partial charge in [-0.1, -0.05) is 0 Å². The normalized spacial score (nSPS) is 21.2. The number of nitrogens with two attached hydrogens (primary N) is 1. The van der Waals surface area contributed by atoms with Crippen LogP contribution in [0.1, 0.15) is 0 Å². The number of hydrogen-bond acceptors (Lipinski definition) is 4. The molecule has 1 heterocycles. The third kappa shape index (κ3) is 3.57. The van der Waals surface area contributed by atoms with E-state index in [0.29, 0.717) is 0 Å². The fourth-order valence-electron chi connectivity index (χ4n) is 1.43. The van der Waals surface area contributed by atoms with Crippen LogP contribution in [0.15, 0.2) is 16.8 Å². The summed E-state index contributed by atoms with van der Waals surface area (Å²) in [6, 6.07) is 0. The van der Waals surface area contributed by atoms with Crippen molar-refractivity contribution >= 4 is 6.21 Å². The Bertz CT molecular complexity index is 192. The van der Waals surface area contributed by atoms with Crippen LogP contribution in [0.2, 0.25) is 0 Å². The summed E-state index contributed by atoms with van der Waals surface area (Å²) in [6.45, 7) is 5.24. The average molecular weight is 182 g/mol. The molecule has 0 amide bonds. The molecule has 1 saturated heterocycles. The summed E-state index contributed by atoms with van der Waals surface area (Å²) in [5, 5.41) is 3.31. The number of nitrogens with one attached hydrogen (secondary N) is 1. The molecule has 0 aromatic carbocycles. The fourth-order valence-corrected chi connectivity index (χ4v) is 1.43. The quantitative estimate of drug-likeness (QED) is 0.575. The zero-order chi connectivity index (χ0) is 9.52. The van der Waals surface area contributed by atoms with Gasteiger partial charge in [-0.05, 0) is 11.8 Å². The van der Waals surface area contributed by atoms with Gasteiger partial charge in [0.05, 0.1) is 0 Å². The maximum Gasteiger partial charge on any atom is 0.0277 e. The van der Waals surface area contributed by atoms with Gasteiger partial charge in [-0.2, -0.15) is 0 Å². The average Bonchev–Trinajstić information content (AvgIpc) is 2.19. The van der Waals surface area contributed by atoms with E-state index < -0.39 is 0 Å². The van der Waals surface area contributed by atoms with Gasteiger partial charge >= 0.3 is 0 Å². The lowest BCUT2D eigenvalue weighted by molar-refractivity contribution is 0.262. The third-order valence-corrected chi connectivity index (χ3v) is 2.12. The van der Waals surface area contributed by atoms with Gasteiger partial charge < -0.3 is 11.1 Å². The van der Waals surface area contributed by atoms with Crippen LogP contribution in [0.5, 0.6) is 0 Å². The van der Waals surface area contributed by atoms with E-state index in [4.69, 9.17) is 5.73 Å². The molecule has 1 fully saturated rings. The Labute approximate surface area is 79.5 Å². The van der Waals surface area contributed by atoms with E-state index in [1.807, 2.05) is 6.21 Å². The molecular weight excluding hydrogens is 164 g/mol. The topological polar surface area (TPSA) is 53.6 Å². The van der Waals surface area contributed by atoms with Crippen LogP contribution in [0.4, 0.5) is 0 Å². The van der Waals surface area contributed by atoms with E-state index in [-0.39, 0.29) is 0 Å². The van der Waals surface area contributed by atoms with E-state index >= 15 is 0 Å². The molecule has 0 aromatic rings. The van der Waals surface area contributed by atoms with Gasteiger partial charge in [-0.25, -0.2) is 0 Å². The molecular formula is C9H18N4. The van der Waals surface area contributed by atoms with Gasteiger partial charge in [-0.3, -0.25) is 9.89 Å². The van der Waals surface area contributed by atoms with E-state index in [0.717, 1.165) is 38.3 Å². The van der Waals surface area contributed by atoms with Crippen LogP contribution < -0.4 is 11.1 Å². The second-order valence-corrected chi connectivity index (χ2v) is 3.16. The van der Waals surface area contributed by atoms with Gasteiger partial charge in [0, 0.05) is 46.0 Å². The minimum absolute atomic E-state index is 0.912. The minimum atomic E-state index is 0.912. The molecule has 4 heteroatoms. The Morgan fingerprint density at radius 3 is 2.77 bits per heavy atom. The van der Waals surface area contributed by atoms with E-state index in [2.05, 4.69) is 15.2 Å². The Balaban J connectivity index is 2.36. The number of hydrogen-bond donors (Lipinski definition) is 2. The second kappa shape index (κ2) is 5.72. The number of nitrogens with zero attached hydrogens (tertiary/aromatic N) is 2. The second-order valence-electron chi connectivity index (χ2n) is 3.16. The molecule has 0 saturated carbocycles. The number of rotatable bonds is 3. The standard InChI is InChI=1S/C9H18N4/c1-11-7-9(6-10)8-13-4-2-12-3-5-13/h6-7,12H,2-5,8,10H2,1H3. The number of aliphatic imine (C=N–C) groups is 1. The summed E-state index contributed by atoms with van der Waals surface area (Å²) < 4.78 is 0. The van der Waals surface area contributed by atoms with Gasteiger partial charge in [0.25, 0.3) is 0 Å². The summed E-state index contributed by atoms with van der Waals surface area (Å²) in [6.07, 6.45) is 3.46. The zero-order valence-electron chi connectivity index (χ0n) is 8.16. The van der Waals surface area contributed by atoms with Crippen molar-refractivity contribution < 1.29 is 0 Å². The van der Waals surface area contributed by atoms with Crippen molar-refractivity contribution in [1.82, 2.24) is 10.2 Å². The van der Waals surface area contributed by atoms with Crippen molar-refractivity contribution in [2.75, 3.05) is 39.8 Å². The maximum atomic E-state index is 5.48. The highest BCUT2D eigenvalue weighted by Gasteiger charge is 2.09. The lowest BCUT2D eigenvalue weighted by atomic mass is 10.2. The largest absolute Gasteiger partial charge is 0.404 e. The van der Waals surface area contributed by atoms with Gasteiger partial charge in [0.1, 0.15) is 0 Å². The zero-order valence-corrected chi connectivity index (χ0v) is 8.16. The van der Waals surface area contributed by atoms with Gasteiger partial charge in [-0.15, -0.1) is 0 Å². The Morgan fingerprint density at radius 1 is 1.54 bits per heavy atom. The Hall–Kier alpha value is -0.870. The molecule has 1 aliphatic rings. The fraction of sp³-hybridized carbons (Fsp3) is 0.667. The van der Waals surface area contributed by atoms with Gasteiger partial charge in [0.2, 0.25) is 0 Å². The Kier molecular flexibility index (Phi) is 4.49. The molecule has 0 radical (unpaired) electrons. The molecule has 13 heavy (non-hydrogen) atoms. The summed E-state index contributed by atoms with van der Waals surface area (Å²) in [4.78, 5) is 6.33. The van der Waals surface area contributed by atoms with Gasteiger partial charge in [0.15, 0.2) is 0 Å². The predicted molar refractivity (Wildman–Crippen MR) is 56.0 cm³/mol. The third-order valence-electron chi connectivity index (χ3n) is 2.12. The van der Waals surface area contributed by atoms with Crippen LogP contribution in [-0.2, 0) is 0 Å². The lowest BCUT2D eigenvalue weighted by Gasteiger charge is -2.27. The molecule has 0 aliphatic carbocycles. The minimum Gasteiger partial charge on any atom is -0.404 e. The highest BCUT2D eigenvalue weighted by Crippen LogP contribution is 1.97. The molecule has 3 N–H and O–H groups in total. The smallest absolute Gasteiger partial charge is 0.0277 e. The van der Waals surface area contributed by atoms with Crippen LogP contribution >= 0.6 is 0 Å². The van der Waals surface area contributed by atoms with Crippen LogP contribution in [0.25, 0.3) is 0 Å². The van der Waals surface area contributed by atoms with Crippen LogP contribution in [0.3, 0.4) is 0 Å². The summed E-state index contributed by atoms with van der Waals surface area (Å²) >= 11 is 0. The molecule has 0 aromatic heterocycles. The summed E-state index contributed by atoms with van der Waals surface area (Å²) in [5.74, 6) is 0. The highest BCUT2D eigenvalue weighted by atomic mass is 15.2. The first-order valence-electron chi connectivity index (χ1n) is 4.63. The van der Waals surface area contributed by atoms with Crippen molar-refractivity contribution in [3.63, 3.8) is 0 Å². The molecule has 0 unspecified atom stereocenters. The first-order valence-corrected chi connectivity index (χ1v) is 4.63. The SMILES string of the molecule is CN=CC(=CN)CN1CCNCC1. The first-order chi connectivity index (χ1) is 6.36. The van der Waals surface area contributed by atoms with Crippen molar-refractivity contribution in [2.24, 2.45) is 10.7 Å². The number of piperazine rings is 1. The first kappa shape index (κ1) is 10.2. The van der Waals surface area contributed by atoms with Crippen molar-refractivity contribution in [1.29, 1.82) is 0 Å². The van der Waals surface area contributed by atoms with Crippen LogP contribution in [-0.4, -0.2) is 50.9 Å². The van der Waals surface area contributed by atoms with Crippen molar-refractivity contribution in [3.8, 4) is 0 Å². The molecule has 1 rings (SSSR count). The molecule has 1 aliphatic heterocycles. The summed E-state index contributed by atoms with van der Waals surface area (Å²) in [7, 11) is 1.77. The van der Waals surface area contributed by atoms with E-state index in [1.165, 1.54) is 0 Å². The summed E-state index contributed by atoms with van der Waals surface area (Å²) in [5.41, 5.74) is 6.57. The molecule has 4 nitrogen and oxygen atoms in total. The monoisotopic (exact) mass is 182 g/mol. The lowest BCUT2D eigenvalue weighted by Crippen LogP contribution is -2.44. The van der Waals surface area contributed by atoms with E-state index in [9.17, 15) is 0 Å². The predicted octanol–water partition coefficient (Wildman–Crippen LogP) is -0.565. The van der Waals surface area contributed by atoms with Crippen molar-refractivity contribution in [2.45, 2.75) is 0 Å². The molecule has 74 valence electrons. The maximum absolute atomic E-state index is 5.48. The molecule has 0 atom stereocenters. The van der Waals surface area contributed by atoms with Crippen LogP contribution in [0, 0.1) is 0 Å². The highest BCUT2D eigenvalue weighted by molar-refractivity contribution is 5.78. The Morgan fingerprint density at radius 2 is 2.23 bits per heavy atom. The molecule has 0 bridgehead atoms.